The van der Waals surface area contributed by atoms with Crippen molar-refractivity contribution in [1.82, 2.24) is 5.32 Å². The monoisotopic (exact) mass is 285 g/mol. The Labute approximate surface area is 120 Å². The van der Waals surface area contributed by atoms with E-state index in [1.54, 1.807) is 0 Å². The Bertz CT molecular complexity index is 415. The summed E-state index contributed by atoms with van der Waals surface area (Å²) in [6, 6.07) is 6.22. The number of benzene rings is 1. The highest BCUT2D eigenvalue weighted by Gasteiger charge is 2.31. The van der Waals surface area contributed by atoms with E-state index >= 15 is 0 Å². The van der Waals surface area contributed by atoms with E-state index in [0.717, 1.165) is 22.2 Å². The van der Waals surface area contributed by atoms with Gasteiger partial charge in [-0.05, 0) is 42.0 Å². The molecule has 1 aromatic rings. The van der Waals surface area contributed by atoms with Gasteiger partial charge in [0.05, 0.1) is 0 Å². The number of hydrogen-bond acceptors (Lipinski definition) is 1. The van der Waals surface area contributed by atoms with Gasteiger partial charge in [-0.15, -0.1) is 0 Å². The first-order valence-corrected chi connectivity index (χ1v) is 7.42. The zero-order valence-corrected chi connectivity index (χ0v) is 12.6. The predicted octanol–water partition coefficient (Wildman–Crippen LogP) is 5.05. The van der Waals surface area contributed by atoms with E-state index in [9.17, 15) is 0 Å². The summed E-state index contributed by atoms with van der Waals surface area (Å²) in [5.41, 5.74) is 1.47. The normalized spacial score (nSPS) is 23.0. The zero-order valence-electron chi connectivity index (χ0n) is 11.1. The van der Waals surface area contributed by atoms with Crippen molar-refractivity contribution in [2.24, 2.45) is 5.41 Å². The van der Waals surface area contributed by atoms with Crippen LogP contribution in [0.4, 0.5) is 0 Å². The highest BCUT2D eigenvalue weighted by atomic mass is 35.5. The van der Waals surface area contributed by atoms with E-state index in [0.29, 0.717) is 11.5 Å². The summed E-state index contributed by atoms with van der Waals surface area (Å²) in [6.07, 6.45) is 5.23. The maximum absolute atomic E-state index is 6.19. The number of nitrogens with one attached hydrogen (secondary N) is 1. The Morgan fingerprint density at radius 1 is 1.28 bits per heavy atom. The van der Waals surface area contributed by atoms with Crippen LogP contribution < -0.4 is 5.32 Å². The molecule has 1 N–H and O–H groups in total. The SMILES string of the molecule is CC1(C)CCCCC1NCc1cc(Cl)ccc1Cl. The van der Waals surface area contributed by atoms with Crippen molar-refractivity contribution in [1.29, 1.82) is 0 Å². The first-order valence-electron chi connectivity index (χ1n) is 6.66. The van der Waals surface area contributed by atoms with Crippen LogP contribution in [0.3, 0.4) is 0 Å². The van der Waals surface area contributed by atoms with Crippen LogP contribution >= 0.6 is 23.2 Å². The van der Waals surface area contributed by atoms with E-state index < -0.39 is 0 Å². The Hall–Kier alpha value is -0.240. The standard InChI is InChI=1S/C15H21Cl2N/c1-15(2)8-4-3-5-14(15)18-10-11-9-12(16)6-7-13(11)17/h6-7,9,14,18H,3-5,8,10H2,1-2H3. The third kappa shape index (κ3) is 3.40. The molecule has 1 fully saturated rings. The van der Waals surface area contributed by atoms with Crippen LogP contribution in [0, 0.1) is 5.41 Å². The molecule has 1 atom stereocenters. The van der Waals surface area contributed by atoms with Crippen molar-refractivity contribution in [2.45, 2.75) is 52.1 Å². The molecule has 1 unspecified atom stereocenters. The summed E-state index contributed by atoms with van der Waals surface area (Å²) < 4.78 is 0. The summed E-state index contributed by atoms with van der Waals surface area (Å²) in [7, 11) is 0. The molecule has 100 valence electrons. The highest BCUT2D eigenvalue weighted by Crippen LogP contribution is 2.35. The van der Waals surface area contributed by atoms with Crippen LogP contribution in [0.2, 0.25) is 10.0 Å². The van der Waals surface area contributed by atoms with Crippen molar-refractivity contribution in [2.75, 3.05) is 0 Å². The van der Waals surface area contributed by atoms with Gasteiger partial charge in [-0.2, -0.15) is 0 Å². The molecular weight excluding hydrogens is 265 g/mol. The molecule has 0 aromatic heterocycles. The lowest BCUT2D eigenvalue weighted by Crippen LogP contribution is -2.43. The quantitative estimate of drug-likeness (QED) is 0.819. The van der Waals surface area contributed by atoms with Gasteiger partial charge >= 0.3 is 0 Å². The van der Waals surface area contributed by atoms with Gasteiger partial charge in [0.1, 0.15) is 0 Å². The maximum atomic E-state index is 6.19. The lowest BCUT2D eigenvalue weighted by Gasteiger charge is -2.39. The second-order valence-electron chi connectivity index (χ2n) is 5.90. The van der Waals surface area contributed by atoms with E-state index in [4.69, 9.17) is 23.2 Å². The van der Waals surface area contributed by atoms with Crippen LogP contribution in [0.5, 0.6) is 0 Å². The molecule has 0 amide bonds. The Balaban J connectivity index is 2.00. The van der Waals surface area contributed by atoms with Crippen molar-refractivity contribution >= 4 is 23.2 Å². The third-order valence-electron chi connectivity index (χ3n) is 4.05. The molecule has 2 rings (SSSR count). The fourth-order valence-electron chi connectivity index (χ4n) is 2.78. The first kappa shape index (κ1) is 14.2. The second-order valence-corrected chi connectivity index (χ2v) is 6.75. The van der Waals surface area contributed by atoms with Crippen molar-refractivity contribution in [3.8, 4) is 0 Å². The minimum Gasteiger partial charge on any atom is -0.309 e. The fraction of sp³-hybridized carbons (Fsp3) is 0.600. The van der Waals surface area contributed by atoms with Gasteiger partial charge in [0.25, 0.3) is 0 Å². The molecule has 1 aliphatic rings. The molecule has 1 aromatic carbocycles. The van der Waals surface area contributed by atoms with E-state index in [-0.39, 0.29) is 0 Å². The molecule has 0 radical (unpaired) electrons. The van der Waals surface area contributed by atoms with Crippen LogP contribution in [-0.2, 0) is 6.54 Å². The van der Waals surface area contributed by atoms with E-state index in [1.807, 2.05) is 18.2 Å². The molecule has 0 aliphatic heterocycles. The van der Waals surface area contributed by atoms with Crippen LogP contribution in [-0.4, -0.2) is 6.04 Å². The molecule has 0 spiro atoms. The number of hydrogen-bond donors (Lipinski definition) is 1. The average molecular weight is 286 g/mol. The highest BCUT2D eigenvalue weighted by molar-refractivity contribution is 6.33. The van der Waals surface area contributed by atoms with Crippen LogP contribution in [0.15, 0.2) is 18.2 Å². The first-order chi connectivity index (χ1) is 8.49. The van der Waals surface area contributed by atoms with Crippen molar-refractivity contribution in [3.05, 3.63) is 33.8 Å². The van der Waals surface area contributed by atoms with Gasteiger partial charge in [0.15, 0.2) is 0 Å². The summed E-state index contributed by atoms with van der Waals surface area (Å²) in [6.45, 7) is 5.50. The summed E-state index contributed by atoms with van der Waals surface area (Å²) in [5.74, 6) is 0. The minimum absolute atomic E-state index is 0.378. The summed E-state index contributed by atoms with van der Waals surface area (Å²) in [4.78, 5) is 0. The lowest BCUT2D eigenvalue weighted by molar-refractivity contribution is 0.167. The molecule has 3 heteroatoms. The lowest BCUT2D eigenvalue weighted by atomic mass is 9.73. The fourth-order valence-corrected chi connectivity index (χ4v) is 3.16. The molecule has 0 saturated heterocycles. The number of rotatable bonds is 3. The van der Waals surface area contributed by atoms with Crippen LogP contribution in [0.25, 0.3) is 0 Å². The van der Waals surface area contributed by atoms with Crippen LogP contribution in [0.1, 0.15) is 45.1 Å². The molecular formula is C15H21Cl2N. The third-order valence-corrected chi connectivity index (χ3v) is 4.66. The molecule has 1 nitrogen and oxygen atoms in total. The Kier molecular flexibility index (Phi) is 4.58. The molecule has 0 heterocycles. The maximum Gasteiger partial charge on any atom is 0.0451 e. The van der Waals surface area contributed by atoms with Gasteiger partial charge in [0, 0.05) is 22.6 Å². The van der Waals surface area contributed by atoms with Gasteiger partial charge in [-0.3, -0.25) is 0 Å². The topological polar surface area (TPSA) is 12.0 Å². The van der Waals surface area contributed by atoms with Gasteiger partial charge in [0.2, 0.25) is 0 Å². The van der Waals surface area contributed by atoms with E-state index in [2.05, 4.69) is 19.2 Å². The van der Waals surface area contributed by atoms with Gasteiger partial charge in [-0.25, -0.2) is 0 Å². The van der Waals surface area contributed by atoms with Crippen molar-refractivity contribution < 1.29 is 0 Å². The molecule has 0 bridgehead atoms. The Morgan fingerprint density at radius 3 is 2.78 bits per heavy atom. The second kappa shape index (κ2) is 5.81. The van der Waals surface area contributed by atoms with E-state index in [1.165, 1.54) is 25.7 Å². The summed E-state index contributed by atoms with van der Waals surface area (Å²) in [5, 5.41) is 5.19. The summed E-state index contributed by atoms with van der Waals surface area (Å²) >= 11 is 12.2. The molecule has 1 aliphatic carbocycles. The smallest absolute Gasteiger partial charge is 0.0451 e. The average Bonchev–Trinajstić information content (AvgIpc) is 2.31. The van der Waals surface area contributed by atoms with Gasteiger partial charge < -0.3 is 5.32 Å². The molecule has 1 saturated carbocycles. The Morgan fingerprint density at radius 2 is 2.06 bits per heavy atom. The molecule has 18 heavy (non-hydrogen) atoms. The van der Waals surface area contributed by atoms with Gasteiger partial charge in [-0.1, -0.05) is 49.9 Å². The largest absolute Gasteiger partial charge is 0.309 e. The predicted molar refractivity (Wildman–Crippen MR) is 79.3 cm³/mol. The minimum atomic E-state index is 0.378. The van der Waals surface area contributed by atoms with Crippen molar-refractivity contribution in [3.63, 3.8) is 0 Å². The zero-order chi connectivity index (χ0) is 13.2. The number of halogens is 2.